The van der Waals surface area contributed by atoms with Crippen molar-refractivity contribution in [2.24, 2.45) is 0 Å². The zero-order chi connectivity index (χ0) is 12.8. The number of hydrogen-bond donors (Lipinski definition) is 0. The van der Waals surface area contributed by atoms with Crippen LogP contribution in [-0.2, 0) is 6.42 Å². The quantitative estimate of drug-likeness (QED) is 0.559. The van der Waals surface area contributed by atoms with Gasteiger partial charge < -0.3 is 0 Å². The molecule has 19 heavy (non-hydrogen) atoms. The Balaban J connectivity index is 2.31. The van der Waals surface area contributed by atoms with Crippen LogP contribution in [0.4, 0.5) is 0 Å². The van der Waals surface area contributed by atoms with Crippen LogP contribution in [0.5, 0.6) is 0 Å². The zero-order valence-electron chi connectivity index (χ0n) is 10.9. The molecule has 1 aromatic heterocycles. The Morgan fingerprint density at radius 3 is 2.79 bits per heavy atom. The molecule has 0 fully saturated rings. The fourth-order valence-corrected chi connectivity index (χ4v) is 2.98. The van der Waals surface area contributed by atoms with Crippen molar-refractivity contribution in [3.05, 3.63) is 53.4 Å². The van der Waals surface area contributed by atoms with Gasteiger partial charge in [0.15, 0.2) is 0 Å². The molecule has 2 aromatic carbocycles. The first-order chi connectivity index (χ1) is 9.34. The minimum absolute atomic E-state index is 0.976. The van der Waals surface area contributed by atoms with Crippen LogP contribution in [0.1, 0.15) is 23.2 Å². The third-order valence-electron chi connectivity index (χ3n) is 3.83. The standard InChI is InChI=1S/C17H14N2/c1-11-10-18-16-14-8-4-2-6-12(14)13-7-3-5-9-15(13)17(16)19-11/h2,4-6,8-10H,3,7H2,1H3. The van der Waals surface area contributed by atoms with E-state index < -0.39 is 0 Å². The Morgan fingerprint density at radius 1 is 1.05 bits per heavy atom. The third-order valence-corrected chi connectivity index (χ3v) is 3.83. The molecule has 0 atom stereocenters. The van der Waals surface area contributed by atoms with E-state index in [9.17, 15) is 0 Å². The maximum Gasteiger partial charge on any atom is 0.0971 e. The van der Waals surface area contributed by atoms with Crippen molar-refractivity contribution < 1.29 is 0 Å². The molecule has 0 saturated heterocycles. The van der Waals surface area contributed by atoms with Crippen LogP contribution in [0.25, 0.3) is 27.9 Å². The molecule has 1 heterocycles. The fourth-order valence-electron chi connectivity index (χ4n) is 2.98. The lowest BCUT2D eigenvalue weighted by Crippen LogP contribution is -2.00. The first-order valence-corrected chi connectivity index (χ1v) is 6.68. The third kappa shape index (κ3) is 1.49. The Hall–Kier alpha value is -2.22. The van der Waals surface area contributed by atoms with Gasteiger partial charge in [0.1, 0.15) is 0 Å². The molecule has 0 bridgehead atoms. The molecule has 0 N–H and O–H groups in total. The van der Waals surface area contributed by atoms with Crippen LogP contribution >= 0.6 is 0 Å². The fraction of sp³-hybridized carbons (Fsp3) is 0.176. The number of allylic oxidation sites excluding steroid dienone is 1. The van der Waals surface area contributed by atoms with Crippen molar-refractivity contribution in [2.45, 2.75) is 19.8 Å². The van der Waals surface area contributed by atoms with E-state index in [1.54, 1.807) is 0 Å². The van der Waals surface area contributed by atoms with Gasteiger partial charge in [-0.3, -0.25) is 4.98 Å². The topological polar surface area (TPSA) is 25.8 Å². The maximum absolute atomic E-state index is 4.73. The van der Waals surface area contributed by atoms with Gasteiger partial charge in [-0.15, -0.1) is 0 Å². The molecule has 1 aliphatic rings. The number of nitrogens with zero attached hydrogens (tertiary/aromatic N) is 2. The molecule has 4 rings (SSSR count). The summed E-state index contributed by atoms with van der Waals surface area (Å²) in [5, 5.41) is 2.55. The SMILES string of the molecule is Cc1cnc2c(n1)c1c(c3ccccc32)CCC=C1. The number of aromatic nitrogens is 2. The van der Waals surface area contributed by atoms with E-state index in [0.29, 0.717) is 0 Å². The minimum atomic E-state index is 0.976. The summed E-state index contributed by atoms with van der Waals surface area (Å²) in [5.74, 6) is 0. The number of aryl methyl sites for hydroxylation is 2. The highest BCUT2D eigenvalue weighted by Crippen LogP contribution is 2.34. The minimum Gasteiger partial charge on any atom is -0.252 e. The van der Waals surface area contributed by atoms with Gasteiger partial charge in [0.05, 0.1) is 16.7 Å². The van der Waals surface area contributed by atoms with Crippen LogP contribution < -0.4 is 0 Å². The normalized spacial score (nSPS) is 13.9. The monoisotopic (exact) mass is 246 g/mol. The number of hydrogen-bond acceptors (Lipinski definition) is 2. The van der Waals surface area contributed by atoms with E-state index in [-0.39, 0.29) is 0 Å². The lowest BCUT2D eigenvalue weighted by molar-refractivity contribution is 0.997. The van der Waals surface area contributed by atoms with Crippen LogP contribution in [0.3, 0.4) is 0 Å². The predicted molar refractivity (Wildman–Crippen MR) is 79.1 cm³/mol. The molecule has 92 valence electrons. The molecular formula is C17H14N2. The second-order valence-corrected chi connectivity index (χ2v) is 5.09. The molecule has 2 nitrogen and oxygen atoms in total. The summed E-state index contributed by atoms with van der Waals surface area (Å²) in [6, 6.07) is 8.54. The van der Waals surface area contributed by atoms with Gasteiger partial charge in [-0.2, -0.15) is 0 Å². The molecular weight excluding hydrogens is 232 g/mol. The van der Waals surface area contributed by atoms with Crippen molar-refractivity contribution in [3.63, 3.8) is 0 Å². The Morgan fingerprint density at radius 2 is 1.89 bits per heavy atom. The van der Waals surface area contributed by atoms with Crippen molar-refractivity contribution in [3.8, 4) is 0 Å². The summed E-state index contributed by atoms with van der Waals surface area (Å²) in [5.41, 5.74) is 5.72. The van der Waals surface area contributed by atoms with E-state index in [1.165, 1.54) is 21.9 Å². The molecule has 0 radical (unpaired) electrons. The van der Waals surface area contributed by atoms with Crippen molar-refractivity contribution in [1.82, 2.24) is 9.97 Å². The first kappa shape index (κ1) is 10.7. The molecule has 2 heteroatoms. The second kappa shape index (κ2) is 3.89. The molecule has 0 aliphatic heterocycles. The van der Waals surface area contributed by atoms with Gasteiger partial charge >= 0.3 is 0 Å². The van der Waals surface area contributed by atoms with E-state index in [0.717, 1.165) is 29.6 Å². The van der Waals surface area contributed by atoms with Gasteiger partial charge in [0.25, 0.3) is 0 Å². The van der Waals surface area contributed by atoms with Gasteiger partial charge in [0, 0.05) is 17.1 Å². The predicted octanol–water partition coefficient (Wildman–Crippen LogP) is 4.05. The molecule has 0 saturated carbocycles. The lowest BCUT2D eigenvalue weighted by atomic mass is 9.90. The smallest absolute Gasteiger partial charge is 0.0971 e. The Bertz CT molecular complexity index is 831. The van der Waals surface area contributed by atoms with Gasteiger partial charge in [-0.1, -0.05) is 36.4 Å². The van der Waals surface area contributed by atoms with Gasteiger partial charge in [-0.05, 0) is 30.7 Å². The highest BCUT2D eigenvalue weighted by molar-refractivity contribution is 6.09. The molecule has 0 spiro atoms. The van der Waals surface area contributed by atoms with Crippen molar-refractivity contribution in [2.75, 3.05) is 0 Å². The summed E-state index contributed by atoms with van der Waals surface area (Å²) in [7, 11) is 0. The average molecular weight is 246 g/mol. The zero-order valence-corrected chi connectivity index (χ0v) is 10.9. The summed E-state index contributed by atoms with van der Waals surface area (Å²) >= 11 is 0. The summed E-state index contributed by atoms with van der Waals surface area (Å²) in [4.78, 5) is 9.35. The molecule has 0 amide bonds. The van der Waals surface area contributed by atoms with Crippen molar-refractivity contribution >= 4 is 27.9 Å². The van der Waals surface area contributed by atoms with Crippen LogP contribution in [0.15, 0.2) is 36.5 Å². The second-order valence-electron chi connectivity index (χ2n) is 5.09. The number of benzene rings is 2. The van der Waals surface area contributed by atoms with E-state index in [4.69, 9.17) is 4.98 Å². The molecule has 0 unspecified atom stereocenters. The Kier molecular flexibility index (Phi) is 2.18. The lowest BCUT2D eigenvalue weighted by Gasteiger charge is -2.16. The maximum atomic E-state index is 4.73. The summed E-state index contributed by atoms with van der Waals surface area (Å²) in [6.45, 7) is 2.00. The summed E-state index contributed by atoms with van der Waals surface area (Å²) < 4.78 is 0. The van der Waals surface area contributed by atoms with Gasteiger partial charge in [-0.25, -0.2) is 4.98 Å². The molecule has 3 aromatic rings. The van der Waals surface area contributed by atoms with Crippen LogP contribution in [0.2, 0.25) is 0 Å². The highest BCUT2D eigenvalue weighted by Gasteiger charge is 2.15. The highest BCUT2D eigenvalue weighted by atomic mass is 14.8. The van der Waals surface area contributed by atoms with Crippen LogP contribution in [-0.4, -0.2) is 9.97 Å². The largest absolute Gasteiger partial charge is 0.252 e. The van der Waals surface area contributed by atoms with E-state index in [1.807, 2.05) is 13.1 Å². The number of fused-ring (bicyclic) bond motifs is 6. The van der Waals surface area contributed by atoms with Gasteiger partial charge in [0.2, 0.25) is 0 Å². The van der Waals surface area contributed by atoms with E-state index >= 15 is 0 Å². The Labute approximate surface area is 111 Å². The first-order valence-electron chi connectivity index (χ1n) is 6.68. The number of rotatable bonds is 0. The van der Waals surface area contributed by atoms with Crippen LogP contribution in [0, 0.1) is 6.92 Å². The molecule has 1 aliphatic carbocycles. The average Bonchev–Trinajstić information content (AvgIpc) is 2.47. The van der Waals surface area contributed by atoms with E-state index in [2.05, 4.69) is 41.4 Å². The van der Waals surface area contributed by atoms with Crippen molar-refractivity contribution in [1.29, 1.82) is 0 Å². The summed E-state index contributed by atoms with van der Waals surface area (Å²) in [6.07, 6.45) is 8.51.